The third-order valence-corrected chi connectivity index (χ3v) is 4.04. The monoisotopic (exact) mass is 206 g/mol. The van der Waals surface area contributed by atoms with E-state index in [0.29, 0.717) is 5.92 Å². The van der Waals surface area contributed by atoms with E-state index in [9.17, 15) is 0 Å². The summed E-state index contributed by atoms with van der Waals surface area (Å²) < 4.78 is 0. The lowest BCUT2D eigenvalue weighted by molar-refractivity contribution is 0.411. The Bertz CT molecular complexity index is 198. The van der Waals surface area contributed by atoms with Gasteiger partial charge in [0.05, 0.1) is 0 Å². The van der Waals surface area contributed by atoms with Crippen LogP contribution in [0, 0.1) is 11.3 Å². The van der Waals surface area contributed by atoms with Crippen molar-refractivity contribution in [3.63, 3.8) is 0 Å². The Labute approximate surface area is 95.5 Å². The van der Waals surface area contributed by atoms with Gasteiger partial charge in [0.15, 0.2) is 0 Å². The molecule has 0 N–H and O–H groups in total. The summed E-state index contributed by atoms with van der Waals surface area (Å²) in [4.78, 5) is 0. The van der Waals surface area contributed by atoms with Crippen LogP contribution < -0.4 is 0 Å². The van der Waals surface area contributed by atoms with E-state index in [-0.39, 0.29) is 0 Å². The molecule has 86 valence electrons. The molecule has 1 atom stereocenters. The topological polar surface area (TPSA) is 0 Å². The maximum absolute atomic E-state index is 3.89. The predicted octanol–water partition coefficient (Wildman–Crippen LogP) is 5.12. The van der Waals surface area contributed by atoms with Crippen molar-refractivity contribution in [3.05, 3.63) is 25.3 Å². The molecule has 0 aromatic carbocycles. The first kappa shape index (κ1) is 12.5. The molecule has 0 heteroatoms. The van der Waals surface area contributed by atoms with Crippen LogP contribution in [0.5, 0.6) is 0 Å². The van der Waals surface area contributed by atoms with Crippen molar-refractivity contribution < 1.29 is 0 Å². The van der Waals surface area contributed by atoms with E-state index < -0.39 is 0 Å². The molecule has 1 rings (SSSR count). The van der Waals surface area contributed by atoms with Crippen molar-refractivity contribution in [1.82, 2.24) is 0 Å². The average molecular weight is 206 g/mol. The van der Waals surface area contributed by atoms with Crippen LogP contribution in [0.3, 0.4) is 0 Å². The molecule has 0 aromatic rings. The highest BCUT2D eigenvalue weighted by Gasteiger charge is 2.39. The molecule has 0 aliphatic heterocycles. The lowest BCUT2D eigenvalue weighted by atomic mass is 9.92. The molecule has 0 heterocycles. The van der Waals surface area contributed by atoms with Crippen LogP contribution in [0.4, 0.5) is 0 Å². The third-order valence-electron chi connectivity index (χ3n) is 4.04. The number of rotatable bonds is 9. The Balaban J connectivity index is 2.05. The minimum absolute atomic E-state index is 0.666. The smallest absolute Gasteiger partial charge is 0.0202 e. The van der Waals surface area contributed by atoms with Crippen molar-refractivity contribution in [2.24, 2.45) is 11.3 Å². The number of hydrogen-bond acceptors (Lipinski definition) is 0. The van der Waals surface area contributed by atoms with E-state index in [2.05, 4.69) is 26.2 Å². The van der Waals surface area contributed by atoms with Crippen molar-refractivity contribution in [3.8, 4) is 0 Å². The van der Waals surface area contributed by atoms with Gasteiger partial charge in [-0.25, -0.2) is 0 Å². The standard InChI is InChI=1S/C15H26/c1-4-9-14(5-2)10-7-8-11-15(6-3)12-13-15/h4-5,14H,1-2,6-13H2,3H3. The molecular weight excluding hydrogens is 180 g/mol. The summed E-state index contributed by atoms with van der Waals surface area (Å²) in [5.74, 6) is 0.666. The first-order chi connectivity index (χ1) is 7.26. The third kappa shape index (κ3) is 4.24. The summed E-state index contributed by atoms with van der Waals surface area (Å²) in [5.41, 5.74) is 0.780. The van der Waals surface area contributed by atoms with Gasteiger partial charge in [-0.2, -0.15) is 0 Å². The minimum Gasteiger partial charge on any atom is -0.103 e. The highest BCUT2D eigenvalue weighted by molar-refractivity contribution is 4.91. The Morgan fingerprint density at radius 2 is 2.00 bits per heavy atom. The Morgan fingerprint density at radius 3 is 2.47 bits per heavy atom. The lowest BCUT2D eigenvalue weighted by Gasteiger charge is -2.13. The van der Waals surface area contributed by atoms with Crippen LogP contribution in [0.25, 0.3) is 0 Å². The quantitative estimate of drug-likeness (QED) is 0.363. The van der Waals surface area contributed by atoms with Gasteiger partial charge in [-0.3, -0.25) is 0 Å². The second kappa shape index (κ2) is 6.15. The van der Waals surface area contributed by atoms with Gasteiger partial charge in [0, 0.05) is 0 Å². The van der Waals surface area contributed by atoms with Crippen molar-refractivity contribution in [2.75, 3.05) is 0 Å². The van der Waals surface area contributed by atoms with Crippen molar-refractivity contribution >= 4 is 0 Å². The fourth-order valence-electron chi connectivity index (χ4n) is 2.41. The molecule has 0 spiro atoms. The van der Waals surface area contributed by atoms with Gasteiger partial charge < -0.3 is 0 Å². The van der Waals surface area contributed by atoms with Crippen LogP contribution in [-0.2, 0) is 0 Å². The van der Waals surface area contributed by atoms with E-state index in [1.165, 1.54) is 44.9 Å². The summed E-state index contributed by atoms with van der Waals surface area (Å²) in [6, 6.07) is 0. The van der Waals surface area contributed by atoms with E-state index in [4.69, 9.17) is 0 Å². The van der Waals surface area contributed by atoms with Crippen LogP contribution in [-0.4, -0.2) is 0 Å². The molecule has 0 saturated heterocycles. The lowest BCUT2D eigenvalue weighted by Crippen LogP contribution is -1.99. The SMILES string of the molecule is C=CCC(C=C)CCCCC1(CC)CC1. The number of unbranched alkanes of at least 4 members (excludes halogenated alkanes) is 1. The van der Waals surface area contributed by atoms with E-state index in [1.54, 1.807) is 0 Å². The second-order valence-electron chi connectivity index (χ2n) is 5.12. The Hall–Kier alpha value is -0.520. The van der Waals surface area contributed by atoms with E-state index in [0.717, 1.165) is 11.8 Å². The van der Waals surface area contributed by atoms with Gasteiger partial charge >= 0.3 is 0 Å². The zero-order valence-corrected chi connectivity index (χ0v) is 10.3. The maximum atomic E-state index is 3.89. The zero-order chi connectivity index (χ0) is 11.1. The Kier molecular flexibility index (Phi) is 5.14. The second-order valence-corrected chi connectivity index (χ2v) is 5.12. The van der Waals surface area contributed by atoms with Crippen LogP contribution in [0.15, 0.2) is 25.3 Å². The molecule has 1 aliphatic rings. The highest BCUT2D eigenvalue weighted by Crippen LogP contribution is 2.52. The van der Waals surface area contributed by atoms with Gasteiger partial charge in [-0.1, -0.05) is 38.3 Å². The molecule has 1 saturated carbocycles. The first-order valence-electron chi connectivity index (χ1n) is 6.50. The van der Waals surface area contributed by atoms with Crippen LogP contribution >= 0.6 is 0 Å². The Morgan fingerprint density at radius 1 is 1.27 bits per heavy atom. The fourth-order valence-corrected chi connectivity index (χ4v) is 2.41. The number of hydrogen-bond donors (Lipinski definition) is 0. The molecule has 0 bridgehead atoms. The maximum Gasteiger partial charge on any atom is -0.0202 e. The van der Waals surface area contributed by atoms with Gasteiger partial charge in [0.25, 0.3) is 0 Å². The zero-order valence-electron chi connectivity index (χ0n) is 10.3. The van der Waals surface area contributed by atoms with Gasteiger partial charge in [-0.15, -0.1) is 13.2 Å². The summed E-state index contributed by atoms with van der Waals surface area (Å²) >= 11 is 0. The molecule has 1 aliphatic carbocycles. The van der Waals surface area contributed by atoms with Crippen LogP contribution in [0.1, 0.15) is 58.3 Å². The molecular formula is C15H26. The van der Waals surface area contributed by atoms with E-state index >= 15 is 0 Å². The first-order valence-corrected chi connectivity index (χ1v) is 6.50. The van der Waals surface area contributed by atoms with E-state index in [1.807, 2.05) is 6.08 Å². The van der Waals surface area contributed by atoms with Crippen molar-refractivity contribution in [1.29, 1.82) is 0 Å². The summed E-state index contributed by atoms with van der Waals surface area (Å²) in [5, 5.41) is 0. The molecule has 0 radical (unpaired) electrons. The largest absolute Gasteiger partial charge is 0.103 e. The molecule has 0 amide bonds. The fraction of sp³-hybridized carbons (Fsp3) is 0.733. The van der Waals surface area contributed by atoms with Crippen molar-refractivity contribution in [2.45, 2.75) is 58.3 Å². The summed E-state index contributed by atoms with van der Waals surface area (Å²) in [7, 11) is 0. The van der Waals surface area contributed by atoms with Gasteiger partial charge in [0.1, 0.15) is 0 Å². The molecule has 15 heavy (non-hydrogen) atoms. The van der Waals surface area contributed by atoms with Gasteiger partial charge in [0.2, 0.25) is 0 Å². The molecule has 1 fully saturated rings. The predicted molar refractivity (Wildman–Crippen MR) is 68.9 cm³/mol. The average Bonchev–Trinajstić information content (AvgIpc) is 3.03. The summed E-state index contributed by atoms with van der Waals surface area (Å²) in [6.45, 7) is 10.0. The normalized spacial score (nSPS) is 19.5. The van der Waals surface area contributed by atoms with Gasteiger partial charge in [-0.05, 0) is 43.4 Å². The number of allylic oxidation sites excluding steroid dienone is 2. The molecule has 0 nitrogen and oxygen atoms in total. The molecule has 0 aromatic heterocycles. The highest BCUT2D eigenvalue weighted by atomic mass is 14.4. The summed E-state index contributed by atoms with van der Waals surface area (Å²) in [6.07, 6.45) is 15.1. The van der Waals surface area contributed by atoms with Crippen LogP contribution in [0.2, 0.25) is 0 Å². The molecule has 1 unspecified atom stereocenters. The minimum atomic E-state index is 0.666.